The molecular formula is C20H25NO2. The topological polar surface area (TPSA) is 38.3 Å². The average Bonchev–Trinajstić information content (AvgIpc) is 2.55. The van der Waals surface area contributed by atoms with Gasteiger partial charge in [0, 0.05) is 12.5 Å². The fraction of sp³-hybridized carbons (Fsp3) is 0.350. The molecule has 122 valence electrons. The van der Waals surface area contributed by atoms with Gasteiger partial charge in [0.25, 0.3) is 5.91 Å². The number of benzene rings is 2. The van der Waals surface area contributed by atoms with E-state index in [1.54, 1.807) is 0 Å². The number of carbonyl (C=O) groups excluding carboxylic acids is 1. The number of amides is 1. The van der Waals surface area contributed by atoms with Crippen molar-refractivity contribution in [3.05, 3.63) is 65.7 Å². The molecule has 0 aromatic heterocycles. The summed E-state index contributed by atoms with van der Waals surface area (Å²) < 4.78 is 5.74. The van der Waals surface area contributed by atoms with Gasteiger partial charge >= 0.3 is 0 Å². The van der Waals surface area contributed by atoms with E-state index >= 15 is 0 Å². The molecule has 2 rings (SSSR count). The Morgan fingerprint density at radius 3 is 2.35 bits per heavy atom. The molecule has 1 amide bonds. The Balaban J connectivity index is 1.97. The third-order valence-corrected chi connectivity index (χ3v) is 3.96. The summed E-state index contributed by atoms with van der Waals surface area (Å²) in [4.78, 5) is 12.0. The van der Waals surface area contributed by atoms with Crippen molar-refractivity contribution < 1.29 is 9.53 Å². The lowest BCUT2D eigenvalue weighted by molar-refractivity contribution is -0.124. The van der Waals surface area contributed by atoms with Gasteiger partial charge in [-0.15, -0.1) is 0 Å². The Morgan fingerprint density at radius 2 is 1.65 bits per heavy atom. The normalized spacial score (nSPS) is 12.0. The third kappa shape index (κ3) is 5.44. The molecule has 0 spiro atoms. The third-order valence-electron chi connectivity index (χ3n) is 3.96. The van der Waals surface area contributed by atoms with E-state index in [4.69, 9.17) is 4.74 Å². The molecule has 3 heteroatoms. The molecule has 0 aliphatic heterocycles. The Hall–Kier alpha value is -2.29. The molecule has 2 aromatic rings. The minimum absolute atomic E-state index is 0.0445. The van der Waals surface area contributed by atoms with E-state index < -0.39 is 0 Å². The van der Waals surface area contributed by atoms with Crippen LogP contribution in [0.1, 0.15) is 31.9 Å². The number of nitrogens with one attached hydrogen (secondary N) is 1. The van der Waals surface area contributed by atoms with Gasteiger partial charge in [0.05, 0.1) is 0 Å². The second-order valence-corrected chi connectivity index (χ2v) is 6.16. The number of hydrogen-bond donors (Lipinski definition) is 1. The quantitative estimate of drug-likeness (QED) is 0.844. The number of hydrogen-bond acceptors (Lipinski definition) is 2. The van der Waals surface area contributed by atoms with E-state index in [0.29, 0.717) is 5.92 Å². The van der Waals surface area contributed by atoms with E-state index in [-0.39, 0.29) is 18.6 Å². The van der Waals surface area contributed by atoms with E-state index in [2.05, 4.69) is 31.3 Å². The zero-order valence-electron chi connectivity index (χ0n) is 14.1. The maximum absolute atomic E-state index is 12.0. The summed E-state index contributed by atoms with van der Waals surface area (Å²) in [5, 5.41) is 2.95. The van der Waals surface area contributed by atoms with Gasteiger partial charge in [-0.25, -0.2) is 0 Å². The van der Waals surface area contributed by atoms with Crippen LogP contribution in [0.5, 0.6) is 5.75 Å². The highest BCUT2D eigenvalue weighted by atomic mass is 16.5. The van der Waals surface area contributed by atoms with Gasteiger partial charge in [-0.05, 0) is 30.0 Å². The molecule has 1 N–H and O–H groups in total. The van der Waals surface area contributed by atoms with Crippen LogP contribution in [0.25, 0.3) is 0 Å². The molecule has 0 heterocycles. The monoisotopic (exact) mass is 311 g/mol. The second-order valence-electron chi connectivity index (χ2n) is 6.16. The predicted molar refractivity (Wildman–Crippen MR) is 93.6 cm³/mol. The number of ether oxygens (including phenoxy) is 1. The number of carbonyl (C=O) groups is 1. The van der Waals surface area contributed by atoms with Crippen molar-refractivity contribution in [2.45, 2.75) is 33.2 Å². The molecule has 0 aliphatic carbocycles. The standard InChI is InChI=1S/C20H25NO2/c1-15(2)16(3)21-20(22)14-23-19-12-8-7-11-18(19)13-17-9-5-4-6-10-17/h4-12,15-16H,13-14H2,1-3H3,(H,21,22). The minimum Gasteiger partial charge on any atom is -0.483 e. The lowest BCUT2D eigenvalue weighted by Crippen LogP contribution is -2.39. The van der Waals surface area contributed by atoms with E-state index in [1.165, 1.54) is 5.56 Å². The van der Waals surface area contributed by atoms with Crippen molar-refractivity contribution in [1.29, 1.82) is 0 Å². The zero-order chi connectivity index (χ0) is 16.7. The number of para-hydroxylation sites is 1. The van der Waals surface area contributed by atoms with Crippen LogP contribution in [0.3, 0.4) is 0 Å². The van der Waals surface area contributed by atoms with Gasteiger partial charge in [0.2, 0.25) is 0 Å². The van der Waals surface area contributed by atoms with Crippen molar-refractivity contribution in [2.24, 2.45) is 5.92 Å². The zero-order valence-corrected chi connectivity index (χ0v) is 14.1. The first-order valence-corrected chi connectivity index (χ1v) is 8.10. The molecule has 2 aromatic carbocycles. The molecule has 0 bridgehead atoms. The fourth-order valence-electron chi connectivity index (χ4n) is 2.21. The van der Waals surface area contributed by atoms with E-state index in [9.17, 15) is 4.79 Å². The van der Waals surface area contributed by atoms with Crippen molar-refractivity contribution in [2.75, 3.05) is 6.61 Å². The van der Waals surface area contributed by atoms with Gasteiger partial charge in [0.15, 0.2) is 6.61 Å². The molecular weight excluding hydrogens is 286 g/mol. The first kappa shape index (κ1) is 17.1. The highest BCUT2D eigenvalue weighted by Crippen LogP contribution is 2.21. The van der Waals surface area contributed by atoms with Gasteiger partial charge < -0.3 is 10.1 Å². The van der Waals surface area contributed by atoms with Crippen molar-refractivity contribution in [1.82, 2.24) is 5.32 Å². The fourth-order valence-corrected chi connectivity index (χ4v) is 2.21. The van der Waals surface area contributed by atoms with Gasteiger partial charge in [-0.1, -0.05) is 62.4 Å². The van der Waals surface area contributed by atoms with Crippen LogP contribution in [0.4, 0.5) is 0 Å². The lowest BCUT2D eigenvalue weighted by Gasteiger charge is -2.18. The van der Waals surface area contributed by atoms with Crippen LogP contribution in [0, 0.1) is 5.92 Å². The molecule has 0 saturated carbocycles. The van der Waals surface area contributed by atoms with Gasteiger partial charge in [-0.2, -0.15) is 0 Å². The number of rotatable bonds is 7. The Kier molecular flexibility index (Phi) is 6.21. The average molecular weight is 311 g/mol. The van der Waals surface area contributed by atoms with E-state index in [1.807, 2.05) is 49.4 Å². The Labute approximate surface area is 138 Å². The van der Waals surface area contributed by atoms with Crippen LogP contribution in [0.15, 0.2) is 54.6 Å². The summed E-state index contributed by atoms with van der Waals surface area (Å²) in [6.07, 6.45) is 0.793. The predicted octanol–water partition coefficient (Wildman–Crippen LogP) is 3.82. The maximum Gasteiger partial charge on any atom is 0.258 e. The van der Waals surface area contributed by atoms with Crippen LogP contribution < -0.4 is 10.1 Å². The van der Waals surface area contributed by atoms with Crippen LogP contribution in [-0.2, 0) is 11.2 Å². The summed E-state index contributed by atoms with van der Waals surface area (Å²) in [7, 11) is 0. The smallest absolute Gasteiger partial charge is 0.258 e. The molecule has 1 atom stereocenters. The summed E-state index contributed by atoms with van der Waals surface area (Å²) in [6, 6.07) is 18.3. The molecule has 0 radical (unpaired) electrons. The highest BCUT2D eigenvalue weighted by Gasteiger charge is 2.12. The second kappa shape index (κ2) is 8.37. The highest BCUT2D eigenvalue weighted by molar-refractivity contribution is 5.77. The first-order chi connectivity index (χ1) is 11.1. The summed E-state index contributed by atoms with van der Waals surface area (Å²) in [5.74, 6) is 1.09. The molecule has 3 nitrogen and oxygen atoms in total. The Morgan fingerprint density at radius 1 is 1.00 bits per heavy atom. The molecule has 23 heavy (non-hydrogen) atoms. The van der Waals surface area contributed by atoms with Gasteiger partial charge in [0.1, 0.15) is 5.75 Å². The largest absolute Gasteiger partial charge is 0.483 e. The SMILES string of the molecule is CC(C)C(C)NC(=O)COc1ccccc1Cc1ccccc1. The molecule has 1 unspecified atom stereocenters. The summed E-state index contributed by atoms with van der Waals surface area (Å²) in [6.45, 7) is 6.22. The van der Waals surface area contributed by atoms with Crippen LogP contribution in [-0.4, -0.2) is 18.6 Å². The molecule has 0 fully saturated rings. The molecule has 0 aliphatic rings. The van der Waals surface area contributed by atoms with Crippen molar-refractivity contribution in [3.8, 4) is 5.75 Å². The maximum atomic E-state index is 12.0. The van der Waals surface area contributed by atoms with E-state index in [0.717, 1.165) is 17.7 Å². The summed E-state index contributed by atoms with van der Waals surface area (Å²) >= 11 is 0. The van der Waals surface area contributed by atoms with Crippen molar-refractivity contribution >= 4 is 5.91 Å². The molecule has 0 saturated heterocycles. The summed E-state index contributed by atoms with van der Waals surface area (Å²) in [5.41, 5.74) is 2.31. The van der Waals surface area contributed by atoms with Crippen LogP contribution >= 0.6 is 0 Å². The van der Waals surface area contributed by atoms with Crippen LogP contribution in [0.2, 0.25) is 0 Å². The lowest BCUT2D eigenvalue weighted by atomic mass is 10.0. The first-order valence-electron chi connectivity index (χ1n) is 8.10. The Bertz CT molecular complexity index is 623. The van der Waals surface area contributed by atoms with Crippen molar-refractivity contribution in [3.63, 3.8) is 0 Å². The minimum atomic E-state index is -0.0827. The van der Waals surface area contributed by atoms with Gasteiger partial charge in [-0.3, -0.25) is 4.79 Å².